The van der Waals surface area contributed by atoms with Crippen molar-refractivity contribution < 1.29 is 14.3 Å². The fourth-order valence-electron chi connectivity index (χ4n) is 3.14. The highest BCUT2D eigenvalue weighted by Gasteiger charge is 2.25. The van der Waals surface area contributed by atoms with E-state index in [1.54, 1.807) is 45.9 Å². The van der Waals surface area contributed by atoms with Crippen molar-refractivity contribution in [2.45, 2.75) is 20.4 Å². The number of benzene rings is 1. The fraction of sp³-hybridized carbons (Fsp3) is 0.421. The fourth-order valence-corrected chi connectivity index (χ4v) is 3.14. The molecule has 1 fully saturated rings. The number of piperazine rings is 1. The van der Waals surface area contributed by atoms with E-state index < -0.39 is 0 Å². The molecule has 0 aliphatic carbocycles. The Kier molecular flexibility index (Phi) is 5.25. The molecule has 1 aromatic heterocycles. The minimum absolute atomic E-state index is 0.0155. The molecule has 1 aliphatic rings. The summed E-state index contributed by atoms with van der Waals surface area (Å²) in [4.78, 5) is 28.7. The maximum atomic E-state index is 12.6. The highest BCUT2D eigenvalue weighted by molar-refractivity contribution is 5.94. The van der Waals surface area contributed by atoms with E-state index in [0.29, 0.717) is 31.7 Å². The predicted molar refractivity (Wildman–Crippen MR) is 97.2 cm³/mol. The van der Waals surface area contributed by atoms with E-state index in [-0.39, 0.29) is 18.4 Å². The summed E-state index contributed by atoms with van der Waals surface area (Å²) in [5.74, 6) is 0.743. The number of ether oxygens (including phenoxy) is 1. The number of carbonyl (C=O) groups excluding carboxylic acids is 2. The molecule has 0 N–H and O–H groups in total. The topological polar surface area (TPSA) is 67.7 Å². The first-order valence-corrected chi connectivity index (χ1v) is 8.70. The van der Waals surface area contributed by atoms with Crippen LogP contribution < -0.4 is 4.74 Å². The van der Waals surface area contributed by atoms with Gasteiger partial charge in [-0.05, 0) is 44.2 Å². The zero-order valence-corrected chi connectivity index (χ0v) is 15.4. The number of aromatic nitrogens is 2. The van der Waals surface area contributed by atoms with E-state index in [4.69, 9.17) is 4.74 Å². The van der Waals surface area contributed by atoms with E-state index in [9.17, 15) is 9.59 Å². The molecule has 0 spiro atoms. The number of nitrogens with zero attached hydrogens (tertiary/aromatic N) is 4. The molecule has 1 saturated heterocycles. The summed E-state index contributed by atoms with van der Waals surface area (Å²) >= 11 is 0. The van der Waals surface area contributed by atoms with Crippen molar-refractivity contribution >= 4 is 11.8 Å². The first-order chi connectivity index (χ1) is 12.5. The molecule has 2 amide bonds. The molecular formula is C19H24N4O3. The van der Waals surface area contributed by atoms with Gasteiger partial charge in [0.15, 0.2) is 0 Å². The predicted octanol–water partition coefficient (Wildman–Crippen LogP) is 1.49. The highest BCUT2D eigenvalue weighted by Crippen LogP contribution is 2.14. The van der Waals surface area contributed by atoms with Gasteiger partial charge in [0, 0.05) is 37.4 Å². The Labute approximate surface area is 153 Å². The monoisotopic (exact) mass is 356 g/mol. The zero-order valence-electron chi connectivity index (χ0n) is 15.4. The maximum absolute atomic E-state index is 12.6. The molecule has 0 radical (unpaired) electrons. The molecule has 1 aromatic carbocycles. The highest BCUT2D eigenvalue weighted by atomic mass is 16.5. The number of rotatable bonds is 4. The number of carbonyl (C=O) groups is 2. The van der Waals surface area contributed by atoms with Gasteiger partial charge in [-0.1, -0.05) is 0 Å². The van der Waals surface area contributed by atoms with Crippen molar-refractivity contribution in [2.24, 2.45) is 0 Å². The molecule has 3 rings (SSSR count). The zero-order chi connectivity index (χ0) is 18.7. The Hall–Kier alpha value is -2.83. The van der Waals surface area contributed by atoms with Crippen LogP contribution in [0.25, 0.3) is 0 Å². The standard InChI is InChI=1S/C19H24N4O3/c1-14-12-15(2)23(20-14)13-18(24)21-8-10-22(11-9-21)19(25)16-4-6-17(26-3)7-5-16/h4-7,12H,8-11,13H2,1-3H3. The van der Waals surface area contributed by atoms with Crippen LogP contribution in [0.15, 0.2) is 30.3 Å². The van der Waals surface area contributed by atoms with Crippen LogP contribution in [-0.4, -0.2) is 64.7 Å². The molecule has 0 atom stereocenters. The molecule has 2 heterocycles. The quantitative estimate of drug-likeness (QED) is 0.832. The number of hydrogen-bond acceptors (Lipinski definition) is 4. The van der Waals surface area contributed by atoms with Crippen molar-refractivity contribution in [1.82, 2.24) is 19.6 Å². The van der Waals surface area contributed by atoms with Crippen LogP contribution >= 0.6 is 0 Å². The van der Waals surface area contributed by atoms with Gasteiger partial charge in [-0.25, -0.2) is 0 Å². The summed E-state index contributed by atoms with van der Waals surface area (Å²) in [6.45, 7) is 6.25. The summed E-state index contributed by atoms with van der Waals surface area (Å²) in [6.07, 6.45) is 0. The second kappa shape index (κ2) is 7.59. The van der Waals surface area contributed by atoms with Crippen LogP contribution in [-0.2, 0) is 11.3 Å². The smallest absolute Gasteiger partial charge is 0.253 e. The van der Waals surface area contributed by atoms with Gasteiger partial charge in [-0.15, -0.1) is 0 Å². The molecule has 7 heteroatoms. The van der Waals surface area contributed by atoms with Gasteiger partial charge in [-0.2, -0.15) is 5.10 Å². The summed E-state index contributed by atoms with van der Waals surface area (Å²) in [6, 6.07) is 9.05. The second-order valence-electron chi connectivity index (χ2n) is 6.49. The SMILES string of the molecule is COc1ccc(C(=O)N2CCN(C(=O)Cn3nc(C)cc3C)CC2)cc1. The number of aryl methyl sites for hydroxylation is 2. The number of amides is 2. The Morgan fingerprint density at radius 3 is 2.19 bits per heavy atom. The minimum atomic E-state index is -0.0155. The first-order valence-electron chi connectivity index (χ1n) is 8.70. The van der Waals surface area contributed by atoms with E-state index in [0.717, 1.165) is 17.1 Å². The van der Waals surface area contributed by atoms with Gasteiger partial charge in [0.1, 0.15) is 12.3 Å². The van der Waals surface area contributed by atoms with Gasteiger partial charge in [0.05, 0.1) is 12.8 Å². The molecule has 138 valence electrons. The molecule has 0 bridgehead atoms. The van der Waals surface area contributed by atoms with E-state index in [1.807, 2.05) is 19.9 Å². The number of methoxy groups -OCH3 is 1. The Bertz CT molecular complexity index is 790. The maximum Gasteiger partial charge on any atom is 0.253 e. The van der Waals surface area contributed by atoms with Crippen LogP contribution in [0.3, 0.4) is 0 Å². The van der Waals surface area contributed by atoms with Crippen LogP contribution in [0.1, 0.15) is 21.7 Å². The Balaban J connectivity index is 1.55. The van der Waals surface area contributed by atoms with Crippen LogP contribution in [0.4, 0.5) is 0 Å². The molecular weight excluding hydrogens is 332 g/mol. The van der Waals surface area contributed by atoms with Crippen molar-refractivity contribution in [3.05, 3.63) is 47.3 Å². The van der Waals surface area contributed by atoms with Crippen molar-refractivity contribution in [3.8, 4) is 5.75 Å². The van der Waals surface area contributed by atoms with Gasteiger partial charge < -0.3 is 14.5 Å². The van der Waals surface area contributed by atoms with Crippen LogP contribution in [0.5, 0.6) is 5.75 Å². The van der Waals surface area contributed by atoms with Crippen molar-refractivity contribution in [2.75, 3.05) is 33.3 Å². The average Bonchev–Trinajstić information content (AvgIpc) is 2.98. The molecule has 26 heavy (non-hydrogen) atoms. The molecule has 2 aromatic rings. The Morgan fingerprint density at radius 2 is 1.65 bits per heavy atom. The third-order valence-electron chi connectivity index (χ3n) is 4.64. The van der Waals surface area contributed by atoms with Crippen molar-refractivity contribution in [3.63, 3.8) is 0 Å². The summed E-state index contributed by atoms with van der Waals surface area (Å²) < 4.78 is 6.85. The molecule has 0 saturated carbocycles. The van der Waals surface area contributed by atoms with E-state index in [1.165, 1.54) is 0 Å². The lowest BCUT2D eigenvalue weighted by Gasteiger charge is -2.35. The van der Waals surface area contributed by atoms with Crippen LogP contribution in [0, 0.1) is 13.8 Å². The van der Waals surface area contributed by atoms with Crippen LogP contribution in [0.2, 0.25) is 0 Å². The normalized spacial score (nSPS) is 14.4. The third kappa shape index (κ3) is 3.87. The summed E-state index contributed by atoms with van der Waals surface area (Å²) in [7, 11) is 1.60. The van der Waals surface area contributed by atoms with Gasteiger partial charge in [0.25, 0.3) is 5.91 Å². The largest absolute Gasteiger partial charge is 0.497 e. The summed E-state index contributed by atoms with van der Waals surface area (Å²) in [5, 5.41) is 4.34. The van der Waals surface area contributed by atoms with Gasteiger partial charge in [0.2, 0.25) is 5.91 Å². The molecule has 7 nitrogen and oxygen atoms in total. The average molecular weight is 356 g/mol. The van der Waals surface area contributed by atoms with E-state index >= 15 is 0 Å². The lowest BCUT2D eigenvalue weighted by Crippen LogP contribution is -2.51. The minimum Gasteiger partial charge on any atom is -0.497 e. The Morgan fingerprint density at radius 1 is 1.04 bits per heavy atom. The third-order valence-corrected chi connectivity index (χ3v) is 4.64. The molecule has 1 aliphatic heterocycles. The molecule has 0 unspecified atom stereocenters. The lowest BCUT2D eigenvalue weighted by molar-refractivity contribution is -0.133. The van der Waals surface area contributed by atoms with Crippen molar-refractivity contribution in [1.29, 1.82) is 0 Å². The van der Waals surface area contributed by atoms with Gasteiger partial charge >= 0.3 is 0 Å². The van der Waals surface area contributed by atoms with E-state index in [2.05, 4.69) is 5.10 Å². The second-order valence-corrected chi connectivity index (χ2v) is 6.49. The summed E-state index contributed by atoms with van der Waals surface area (Å²) in [5.41, 5.74) is 2.52. The lowest BCUT2D eigenvalue weighted by atomic mass is 10.1. The van der Waals surface area contributed by atoms with Gasteiger partial charge in [-0.3, -0.25) is 14.3 Å². The number of hydrogen-bond donors (Lipinski definition) is 0. The first kappa shape index (κ1) is 18.0.